The number of aromatic nitrogens is 3. The molecule has 0 aliphatic carbocycles. The van der Waals surface area contributed by atoms with Crippen molar-refractivity contribution >= 4 is 34.1 Å². The molecule has 1 amide bonds. The Morgan fingerprint density at radius 2 is 2.13 bits per heavy atom. The average Bonchev–Trinajstić information content (AvgIpc) is 3.16. The maximum absolute atomic E-state index is 12.8. The Morgan fingerprint density at radius 3 is 2.83 bits per heavy atom. The number of hydrogen-bond acceptors (Lipinski definition) is 7. The van der Waals surface area contributed by atoms with Crippen LogP contribution in [0.2, 0.25) is 0 Å². The van der Waals surface area contributed by atoms with Crippen molar-refractivity contribution in [2.45, 2.75) is 17.0 Å². The van der Waals surface area contributed by atoms with Crippen molar-refractivity contribution in [3.63, 3.8) is 0 Å². The lowest BCUT2D eigenvalue weighted by atomic mass is 10.2. The first-order valence-corrected chi connectivity index (χ1v) is 8.36. The highest BCUT2D eigenvalue weighted by Crippen LogP contribution is 2.28. The highest BCUT2D eigenvalue weighted by Gasteiger charge is 2.14. The summed E-state index contributed by atoms with van der Waals surface area (Å²) in [6, 6.07) is 7.82. The lowest BCUT2D eigenvalue weighted by molar-refractivity contribution is 0.101. The van der Waals surface area contributed by atoms with Crippen LogP contribution >= 0.6 is 23.1 Å². The average molecular weight is 350 g/mol. The third-order valence-electron chi connectivity index (χ3n) is 2.76. The highest BCUT2D eigenvalue weighted by atomic mass is 32.2. The van der Waals surface area contributed by atoms with Gasteiger partial charge in [-0.3, -0.25) is 10.1 Å². The maximum Gasteiger partial charge on any atom is 0.279 e. The van der Waals surface area contributed by atoms with E-state index in [1.54, 1.807) is 25.1 Å². The van der Waals surface area contributed by atoms with Gasteiger partial charge in [0, 0.05) is 11.8 Å². The summed E-state index contributed by atoms with van der Waals surface area (Å²) >= 11 is 2.73. The number of thioether (sulfide) groups is 1. The minimum absolute atomic E-state index is 0.193. The quantitative estimate of drug-likeness (QED) is 0.560. The molecular formula is C14H11FN4O2S2. The van der Waals surface area contributed by atoms with Gasteiger partial charge in [-0.2, -0.15) is 0 Å². The summed E-state index contributed by atoms with van der Waals surface area (Å²) in [7, 11) is 0. The van der Waals surface area contributed by atoms with Crippen LogP contribution in [-0.4, -0.2) is 21.3 Å². The van der Waals surface area contributed by atoms with Gasteiger partial charge in [0.15, 0.2) is 10.0 Å². The molecule has 0 fully saturated rings. The van der Waals surface area contributed by atoms with E-state index in [0.717, 1.165) is 5.56 Å². The van der Waals surface area contributed by atoms with Crippen LogP contribution in [0, 0.1) is 12.7 Å². The van der Waals surface area contributed by atoms with Crippen LogP contribution in [0.25, 0.3) is 0 Å². The van der Waals surface area contributed by atoms with Gasteiger partial charge in [0.05, 0.1) is 0 Å². The fourth-order valence-corrected chi connectivity index (χ4v) is 3.38. The van der Waals surface area contributed by atoms with E-state index >= 15 is 0 Å². The number of anilines is 1. The molecule has 1 aromatic carbocycles. The molecule has 0 bridgehead atoms. The number of carbonyl (C=O) groups is 1. The predicted octanol–water partition coefficient (Wildman–Crippen LogP) is 3.52. The molecule has 3 aromatic rings. The minimum Gasteiger partial charge on any atom is -0.361 e. The SMILES string of the molecule is Cc1cc(C(=O)Nc2nnc(SCc3ccc(F)cc3)s2)no1. The molecule has 2 aromatic heterocycles. The van der Waals surface area contributed by atoms with E-state index < -0.39 is 5.91 Å². The number of aryl methyl sites for hydroxylation is 1. The Balaban J connectivity index is 1.57. The van der Waals surface area contributed by atoms with Gasteiger partial charge >= 0.3 is 0 Å². The van der Waals surface area contributed by atoms with Gasteiger partial charge < -0.3 is 4.52 Å². The van der Waals surface area contributed by atoms with Crippen molar-refractivity contribution < 1.29 is 13.7 Å². The van der Waals surface area contributed by atoms with Crippen LogP contribution in [-0.2, 0) is 5.75 Å². The smallest absolute Gasteiger partial charge is 0.279 e. The van der Waals surface area contributed by atoms with Crippen LogP contribution in [0.15, 0.2) is 39.2 Å². The number of benzene rings is 1. The lowest BCUT2D eigenvalue weighted by Gasteiger charge is -1.98. The standard InChI is InChI=1S/C14H11FN4O2S2/c1-8-6-11(19-21-8)12(20)16-13-17-18-14(23-13)22-7-9-2-4-10(15)5-3-9/h2-6H,7H2,1H3,(H,16,17,20). The number of rotatable bonds is 5. The first-order chi connectivity index (χ1) is 11.1. The van der Waals surface area contributed by atoms with Gasteiger partial charge in [0.25, 0.3) is 5.91 Å². The van der Waals surface area contributed by atoms with Gasteiger partial charge in [0.2, 0.25) is 5.13 Å². The Kier molecular flexibility index (Phi) is 4.68. The molecule has 9 heteroatoms. The number of carbonyl (C=O) groups excluding carboxylic acids is 1. The normalized spacial score (nSPS) is 10.7. The Bertz CT molecular complexity index is 816. The summed E-state index contributed by atoms with van der Waals surface area (Å²) < 4.78 is 18.4. The summed E-state index contributed by atoms with van der Waals surface area (Å²) in [6.45, 7) is 1.71. The van der Waals surface area contributed by atoms with Crippen molar-refractivity contribution in [2.75, 3.05) is 5.32 Å². The number of hydrogen-bond donors (Lipinski definition) is 1. The Morgan fingerprint density at radius 1 is 1.35 bits per heavy atom. The molecule has 3 rings (SSSR count). The highest BCUT2D eigenvalue weighted by molar-refractivity contribution is 8.00. The van der Waals surface area contributed by atoms with E-state index in [0.29, 0.717) is 21.0 Å². The maximum atomic E-state index is 12.8. The lowest BCUT2D eigenvalue weighted by Crippen LogP contribution is -2.11. The van der Waals surface area contributed by atoms with Crippen molar-refractivity contribution in [1.29, 1.82) is 0 Å². The molecule has 0 aliphatic rings. The minimum atomic E-state index is -0.395. The zero-order chi connectivity index (χ0) is 16.2. The first-order valence-electron chi connectivity index (χ1n) is 6.55. The Labute approximate surface area is 139 Å². The zero-order valence-corrected chi connectivity index (χ0v) is 13.6. The number of halogens is 1. The molecular weight excluding hydrogens is 339 g/mol. The third-order valence-corrected chi connectivity index (χ3v) is 4.81. The second-order valence-corrected chi connectivity index (χ2v) is 6.77. The van der Waals surface area contributed by atoms with Crippen molar-refractivity contribution in [3.05, 3.63) is 53.2 Å². The fourth-order valence-electron chi connectivity index (χ4n) is 1.68. The van der Waals surface area contributed by atoms with Gasteiger partial charge in [-0.05, 0) is 24.6 Å². The zero-order valence-electron chi connectivity index (χ0n) is 11.9. The molecule has 0 unspecified atom stereocenters. The number of amides is 1. The molecule has 0 spiro atoms. The topological polar surface area (TPSA) is 80.9 Å². The summed E-state index contributed by atoms with van der Waals surface area (Å²) in [4.78, 5) is 11.9. The van der Waals surface area contributed by atoms with Crippen LogP contribution < -0.4 is 5.32 Å². The van der Waals surface area contributed by atoms with E-state index in [1.807, 2.05) is 0 Å². The van der Waals surface area contributed by atoms with E-state index in [-0.39, 0.29) is 11.5 Å². The van der Waals surface area contributed by atoms with Gasteiger partial charge in [-0.15, -0.1) is 10.2 Å². The largest absolute Gasteiger partial charge is 0.361 e. The van der Waals surface area contributed by atoms with E-state index in [2.05, 4.69) is 20.7 Å². The fraction of sp³-hybridized carbons (Fsp3) is 0.143. The van der Waals surface area contributed by atoms with Gasteiger partial charge in [-0.1, -0.05) is 40.4 Å². The molecule has 0 saturated heterocycles. The van der Waals surface area contributed by atoms with Crippen LogP contribution in [0.3, 0.4) is 0 Å². The van der Waals surface area contributed by atoms with Gasteiger partial charge in [0.1, 0.15) is 11.6 Å². The molecule has 0 aliphatic heterocycles. The summed E-state index contributed by atoms with van der Waals surface area (Å²) in [6.07, 6.45) is 0. The molecule has 23 heavy (non-hydrogen) atoms. The molecule has 0 radical (unpaired) electrons. The molecule has 118 valence electrons. The first kappa shape index (κ1) is 15.6. The summed E-state index contributed by atoms with van der Waals surface area (Å²) in [5.74, 6) is 0.546. The molecule has 2 heterocycles. The van der Waals surface area contributed by atoms with Crippen molar-refractivity contribution in [2.24, 2.45) is 0 Å². The molecule has 1 N–H and O–H groups in total. The second-order valence-electron chi connectivity index (χ2n) is 4.57. The Hall–Kier alpha value is -2.26. The third kappa shape index (κ3) is 4.14. The van der Waals surface area contributed by atoms with Crippen LogP contribution in [0.1, 0.15) is 21.8 Å². The second kappa shape index (κ2) is 6.88. The molecule has 0 atom stereocenters. The van der Waals surface area contributed by atoms with Gasteiger partial charge in [-0.25, -0.2) is 4.39 Å². The number of nitrogens with one attached hydrogen (secondary N) is 1. The van der Waals surface area contributed by atoms with Crippen molar-refractivity contribution in [3.8, 4) is 0 Å². The molecule has 6 nitrogen and oxygen atoms in total. The van der Waals surface area contributed by atoms with E-state index in [9.17, 15) is 9.18 Å². The van der Waals surface area contributed by atoms with E-state index in [4.69, 9.17) is 4.52 Å². The van der Waals surface area contributed by atoms with E-state index in [1.165, 1.54) is 35.2 Å². The predicted molar refractivity (Wildman–Crippen MR) is 85.1 cm³/mol. The van der Waals surface area contributed by atoms with Crippen LogP contribution in [0.4, 0.5) is 9.52 Å². The van der Waals surface area contributed by atoms with Crippen molar-refractivity contribution in [1.82, 2.24) is 15.4 Å². The monoisotopic (exact) mass is 350 g/mol. The van der Waals surface area contributed by atoms with Crippen LogP contribution in [0.5, 0.6) is 0 Å². The summed E-state index contributed by atoms with van der Waals surface area (Å²) in [5.41, 5.74) is 1.17. The summed E-state index contributed by atoms with van der Waals surface area (Å²) in [5, 5.41) is 14.6. The molecule has 0 saturated carbocycles. The number of nitrogens with zero attached hydrogens (tertiary/aromatic N) is 3.